The number of pyridine rings is 1. The second-order valence-corrected chi connectivity index (χ2v) is 5.06. The molecule has 0 aromatic carbocycles. The average Bonchev–Trinajstić information content (AvgIpc) is 2.64. The summed E-state index contributed by atoms with van der Waals surface area (Å²) in [5, 5.41) is 0. The minimum atomic E-state index is 0.0648. The van der Waals surface area contributed by atoms with Crippen molar-refractivity contribution in [3.05, 3.63) is 30.1 Å². The van der Waals surface area contributed by atoms with E-state index in [1.165, 1.54) is 6.42 Å². The Morgan fingerprint density at radius 1 is 1.33 bits per heavy atom. The largest absolute Gasteiger partial charge is 0.337 e. The standard InChI is InChI=1S/C14H21N3O/c1-16(2)12-6-5-10-17(11-8-12)14(18)13-7-3-4-9-15-13/h3-4,7,9,12H,5-6,8,10-11H2,1-2H3/t12-/m1/s1. The molecule has 1 aromatic heterocycles. The van der Waals surface area contributed by atoms with E-state index >= 15 is 0 Å². The van der Waals surface area contributed by atoms with Gasteiger partial charge in [0.2, 0.25) is 0 Å². The van der Waals surface area contributed by atoms with E-state index in [0.29, 0.717) is 11.7 Å². The van der Waals surface area contributed by atoms with E-state index in [-0.39, 0.29) is 5.91 Å². The molecule has 1 fully saturated rings. The van der Waals surface area contributed by atoms with Crippen molar-refractivity contribution in [3.63, 3.8) is 0 Å². The molecule has 0 radical (unpaired) electrons. The van der Waals surface area contributed by atoms with Crippen LogP contribution in [0.25, 0.3) is 0 Å². The molecule has 2 heterocycles. The summed E-state index contributed by atoms with van der Waals surface area (Å²) in [5.74, 6) is 0.0648. The number of hydrogen-bond acceptors (Lipinski definition) is 3. The summed E-state index contributed by atoms with van der Waals surface area (Å²) < 4.78 is 0. The summed E-state index contributed by atoms with van der Waals surface area (Å²) in [4.78, 5) is 20.6. The fraction of sp³-hybridized carbons (Fsp3) is 0.571. The van der Waals surface area contributed by atoms with Crippen LogP contribution in [0.4, 0.5) is 0 Å². The van der Waals surface area contributed by atoms with Crippen LogP contribution in [0.2, 0.25) is 0 Å². The van der Waals surface area contributed by atoms with Gasteiger partial charge < -0.3 is 9.80 Å². The first kappa shape index (κ1) is 13.0. The quantitative estimate of drug-likeness (QED) is 0.797. The predicted molar refractivity (Wildman–Crippen MR) is 71.5 cm³/mol. The van der Waals surface area contributed by atoms with Crippen LogP contribution in [0.15, 0.2) is 24.4 Å². The van der Waals surface area contributed by atoms with Crippen LogP contribution in [0, 0.1) is 0 Å². The Hall–Kier alpha value is -1.42. The second-order valence-electron chi connectivity index (χ2n) is 5.06. The van der Waals surface area contributed by atoms with Gasteiger partial charge in [0.1, 0.15) is 5.69 Å². The Bertz CT molecular complexity index is 391. The monoisotopic (exact) mass is 247 g/mol. The van der Waals surface area contributed by atoms with Crippen LogP contribution in [-0.4, -0.2) is 53.9 Å². The van der Waals surface area contributed by atoms with Gasteiger partial charge in [0.25, 0.3) is 5.91 Å². The molecule has 2 rings (SSSR count). The van der Waals surface area contributed by atoms with Crippen molar-refractivity contribution in [2.45, 2.75) is 25.3 Å². The molecule has 0 unspecified atom stereocenters. The first-order valence-electron chi connectivity index (χ1n) is 6.55. The minimum absolute atomic E-state index is 0.0648. The molecule has 18 heavy (non-hydrogen) atoms. The highest BCUT2D eigenvalue weighted by molar-refractivity contribution is 5.92. The zero-order valence-corrected chi connectivity index (χ0v) is 11.2. The first-order valence-corrected chi connectivity index (χ1v) is 6.55. The number of likely N-dealkylation sites (tertiary alicyclic amines) is 1. The maximum Gasteiger partial charge on any atom is 0.272 e. The van der Waals surface area contributed by atoms with Crippen molar-refractivity contribution in [3.8, 4) is 0 Å². The van der Waals surface area contributed by atoms with Gasteiger partial charge in [0, 0.05) is 25.3 Å². The molecule has 1 aromatic rings. The van der Waals surface area contributed by atoms with Gasteiger partial charge in [0.15, 0.2) is 0 Å². The van der Waals surface area contributed by atoms with E-state index in [1.807, 2.05) is 17.0 Å². The maximum absolute atomic E-state index is 12.3. The summed E-state index contributed by atoms with van der Waals surface area (Å²) >= 11 is 0. The summed E-state index contributed by atoms with van der Waals surface area (Å²) in [6.07, 6.45) is 4.96. The smallest absolute Gasteiger partial charge is 0.272 e. The van der Waals surface area contributed by atoms with Crippen molar-refractivity contribution >= 4 is 5.91 Å². The average molecular weight is 247 g/mol. The molecule has 1 atom stereocenters. The molecule has 1 saturated heterocycles. The third kappa shape index (κ3) is 3.07. The van der Waals surface area contributed by atoms with Crippen LogP contribution in [0.1, 0.15) is 29.8 Å². The summed E-state index contributed by atoms with van der Waals surface area (Å²) in [5.41, 5.74) is 0.556. The van der Waals surface area contributed by atoms with E-state index in [4.69, 9.17) is 0 Å². The maximum atomic E-state index is 12.3. The summed E-state index contributed by atoms with van der Waals surface area (Å²) in [6, 6.07) is 6.07. The normalized spacial score (nSPS) is 20.8. The van der Waals surface area contributed by atoms with E-state index in [0.717, 1.165) is 25.9 Å². The van der Waals surface area contributed by atoms with Gasteiger partial charge >= 0.3 is 0 Å². The zero-order chi connectivity index (χ0) is 13.0. The van der Waals surface area contributed by atoms with Gasteiger partial charge in [-0.1, -0.05) is 6.07 Å². The first-order chi connectivity index (χ1) is 8.68. The lowest BCUT2D eigenvalue weighted by Gasteiger charge is -2.23. The molecule has 1 aliphatic rings. The molecule has 1 amide bonds. The van der Waals surface area contributed by atoms with Crippen molar-refractivity contribution < 1.29 is 4.79 Å². The van der Waals surface area contributed by atoms with E-state index in [1.54, 1.807) is 12.3 Å². The van der Waals surface area contributed by atoms with Crippen molar-refractivity contribution in [2.75, 3.05) is 27.2 Å². The highest BCUT2D eigenvalue weighted by atomic mass is 16.2. The summed E-state index contributed by atoms with van der Waals surface area (Å²) in [7, 11) is 4.22. The lowest BCUT2D eigenvalue weighted by Crippen LogP contribution is -2.34. The lowest BCUT2D eigenvalue weighted by molar-refractivity contribution is 0.0752. The van der Waals surface area contributed by atoms with Gasteiger partial charge in [-0.2, -0.15) is 0 Å². The Morgan fingerprint density at radius 2 is 2.17 bits per heavy atom. The van der Waals surface area contributed by atoms with Gasteiger partial charge in [-0.15, -0.1) is 0 Å². The molecule has 1 aliphatic heterocycles. The van der Waals surface area contributed by atoms with Gasteiger partial charge in [-0.3, -0.25) is 9.78 Å². The minimum Gasteiger partial charge on any atom is -0.337 e. The molecule has 0 N–H and O–H groups in total. The highest BCUT2D eigenvalue weighted by Crippen LogP contribution is 2.16. The number of hydrogen-bond donors (Lipinski definition) is 0. The third-order valence-electron chi connectivity index (χ3n) is 3.60. The predicted octanol–water partition coefficient (Wildman–Crippen LogP) is 1.64. The van der Waals surface area contributed by atoms with Crippen LogP contribution in [-0.2, 0) is 0 Å². The van der Waals surface area contributed by atoms with E-state index < -0.39 is 0 Å². The SMILES string of the molecule is CN(C)[C@@H]1CCCN(C(=O)c2ccccn2)CC1. The van der Waals surface area contributed by atoms with Crippen molar-refractivity contribution in [2.24, 2.45) is 0 Å². The molecule has 4 heteroatoms. The zero-order valence-electron chi connectivity index (χ0n) is 11.2. The Labute approximate surface area is 109 Å². The van der Waals surface area contributed by atoms with Gasteiger partial charge in [-0.05, 0) is 45.5 Å². The van der Waals surface area contributed by atoms with Crippen LogP contribution in [0.3, 0.4) is 0 Å². The Morgan fingerprint density at radius 3 is 2.83 bits per heavy atom. The van der Waals surface area contributed by atoms with Gasteiger partial charge in [-0.25, -0.2) is 0 Å². The van der Waals surface area contributed by atoms with Crippen LogP contribution in [0.5, 0.6) is 0 Å². The molecule has 0 spiro atoms. The fourth-order valence-electron chi connectivity index (χ4n) is 2.45. The molecule has 4 nitrogen and oxygen atoms in total. The van der Waals surface area contributed by atoms with E-state index in [9.17, 15) is 4.79 Å². The van der Waals surface area contributed by atoms with Gasteiger partial charge in [0.05, 0.1) is 0 Å². The molecule has 0 aliphatic carbocycles. The highest BCUT2D eigenvalue weighted by Gasteiger charge is 2.22. The van der Waals surface area contributed by atoms with Crippen LogP contribution < -0.4 is 0 Å². The molecular formula is C14H21N3O. The Balaban J connectivity index is 2.00. The summed E-state index contributed by atoms with van der Waals surface area (Å²) in [6.45, 7) is 1.68. The number of carbonyl (C=O) groups is 1. The second kappa shape index (κ2) is 5.96. The Kier molecular flexibility index (Phi) is 4.31. The van der Waals surface area contributed by atoms with Crippen LogP contribution >= 0.6 is 0 Å². The molecule has 98 valence electrons. The van der Waals surface area contributed by atoms with E-state index in [2.05, 4.69) is 24.0 Å². The van der Waals surface area contributed by atoms with Crippen molar-refractivity contribution in [1.82, 2.24) is 14.8 Å². The molecular weight excluding hydrogens is 226 g/mol. The fourth-order valence-corrected chi connectivity index (χ4v) is 2.45. The lowest BCUT2D eigenvalue weighted by atomic mass is 10.1. The molecule has 0 saturated carbocycles. The number of carbonyl (C=O) groups excluding carboxylic acids is 1. The number of aromatic nitrogens is 1. The van der Waals surface area contributed by atoms with Crippen molar-refractivity contribution in [1.29, 1.82) is 0 Å². The third-order valence-corrected chi connectivity index (χ3v) is 3.60. The number of amides is 1. The number of rotatable bonds is 2. The topological polar surface area (TPSA) is 36.4 Å². The number of nitrogens with zero attached hydrogens (tertiary/aromatic N) is 3. The molecule has 0 bridgehead atoms.